The molecule has 4 nitrogen and oxygen atoms in total. The van der Waals surface area contributed by atoms with E-state index in [1.165, 1.54) is 49.3 Å². The molecule has 1 unspecified atom stereocenters. The Morgan fingerprint density at radius 2 is 2.32 bits per heavy atom. The van der Waals surface area contributed by atoms with Crippen LogP contribution >= 0.6 is 0 Å². The van der Waals surface area contributed by atoms with Crippen molar-refractivity contribution in [2.75, 3.05) is 13.1 Å². The highest BCUT2D eigenvalue weighted by molar-refractivity contribution is 5.76. The number of hydrogen-bond acceptors (Lipinski definition) is 3. The molecule has 0 bridgehead atoms. The topological polar surface area (TPSA) is 34.0 Å². The zero-order chi connectivity index (χ0) is 12.8. The number of pyridine rings is 1. The van der Waals surface area contributed by atoms with E-state index in [0.29, 0.717) is 0 Å². The van der Waals surface area contributed by atoms with Gasteiger partial charge in [0.25, 0.3) is 0 Å². The number of imidazole rings is 1. The fourth-order valence-corrected chi connectivity index (χ4v) is 3.53. The van der Waals surface area contributed by atoms with Crippen molar-refractivity contribution in [2.45, 2.75) is 39.3 Å². The summed E-state index contributed by atoms with van der Waals surface area (Å²) >= 11 is 0. The average Bonchev–Trinajstić information content (AvgIpc) is 2.97. The number of likely N-dealkylation sites (tertiary alicyclic amines) is 1. The van der Waals surface area contributed by atoms with Gasteiger partial charge in [0.1, 0.15) is 5.82 Å². The number of rotatable bonds is 2. The van der Waals surface area contributed by atoms with Gasteiger partial charge in [-0.25, -0.2) is 9.97 Å². The minimum atomic E-state index is 0.833. The van der Waals surface area contributed by atoms with Crippen molar-refractivity contribution in [3.8, 4) is 0 Å². The van der Waals surface area contributed by atoms with Crippen molar-refractivity contribution in [1.29, 1.82) is 0 Å². The smallest absolute Gasteiger partial charge is 0.178 e. The summed E-state index contributed by atoms with van der Waals surface area (Å²) in [6, 6.07) is 2.15. The monoisotopic (exact) mass is 256 g/mol. The van der Waals surface area contributed by atoms with Crippen molar-refractivity contribution in [1.82, 2.24) is 19.4 Å². The number of hydrogen-bond donors (Lipinski definition) is 0. The van der Waals surface area contributed by atoms with Gasteiger partial charge in [-0.2, -0.15) is 0 Å². The van der Waals surface area contributed by atoms with Crippen molar-refractivity contribution in [2.24, 2.45) is 5.92 Å². The van der Waals surface area contributed by atoms with Crippen LogP contribution in [0.15, 0.2) is 12.3 Å². The highest BCUT2D eigenvalue weighted by Crippen LogP contribution is 2.26. The van der Waals surface area contributed by atoms with Crippen LogP contribution in [0.25, 0.3) is 11.2 Å². The first-order valence-corrected chi connectivity index (χ1v) is 7.36. The number of nitrogens with zero attached hydrogens (tertiary/aromatic N) is 4. The van der Waals surface area contributed by atoms with Crippen LogP contribution in [0.3, 0.4) is 0 Å². The summed E-state index contributed by atoms with van der Waals surface area (Å²) < 4.78 is 2.41. The van der Waals surface area contributed by atoms with Gasteiger partial charge in [0.05, 0.1) is 12.1 Å². The summed E-state index contributed by atoms with van der Waals surface area (Å²) in [6.07, 6.45) is 5.63. The maximum absolute atomic E-state index is 4.78. The number of aromatic nitrogens is 3. The average molecular weight is 256 g/mol. The molecule has 1 fully saturated rings. The quantitative estimate of drug-likeness (QED) is 0.826. The Hall–Kier alpha value is -1.42. The van der Waals surface area contributed by atoms with Crippen molar-refractivity contribution >= 4 is 11.2 Å². The standard InChI is InChI=1S/C15H20N4/c1-11-5-8-18(9-11)10-13-17-15-14-12(4-6-16-15)3-2-7-19(13)14/h4,6,11H,2-3,5,7-10H2,1H3. The molecule has 2 aliphatic heterocycles. The Morgan fingerprint density at radius 1 is 1.37 bits per heavy atom. The molecule has 100 valence electrons. The molecule has 4 heterocycles. The normalized spacial score (nSPS) is 23.3. The van der Waals surface area contributed by atoms with E-state index < -0.39 is 0 Å². The maximum Gasteiger partial charge on any atom is 0.178 e. The van der Waals surface area contributed by atoms with Gasteiger partial charge in [-0.05, 0) is 43.4 Å². The van der Waals surface area contributed by atoms with E-state index in [-0.39, 0.29) is 0 Å². The SMILES string of the molecule is CC1CCN(Cc2nc3nccc4c3n2CCC4)C1. The van der Waals surface area contributed by atoms with Crippen molar-refractivity contribution in [3.05, 3.63) is 23.7 Å². The van der Waals surface area contributed by atoms with E-state index in [1.807, 2.05) is 6.20 Å². The molecule has 1 saturated heterocycles. The van der Waals surface area contributed by atoms with Gasteiger partial charge in [-0.15, -0.1) is 0 Å². The molecule has 4 heteroatoms. The first kappa shape index (κ1) is 11.4. The van der Waals surface area contributed by atoms with Gasteiger partial charge >= 0.3 is 0 Å². The maximum atomic E-state index is 4.78. The Kier molecular flexibility index (Phi) is 2.58. The lowest BCUT2D eigenvalue weighted by atomic mass is 10.1. The summed E-state index contributed by atoms with van der Waals surface area (Å²) in [5, 5.41) is 0. The molecule has 2 aromatic rings. The first-order valence-electron chi connectivity index (χ1n) is 7.36. The molecule has 4 rings (SSSR count). The van der Waals surface area contributed by atoms with E-state index in [4.69, 9.17) is 4.98 Å². The Morgan fingerprint density at radius 3 is 3.16 bits per heavy atom. The molecule has 2 aliphatic rings. The lowest BCUT2D eigenvalue weighted by Gasteiger charge is -2.19. The molecule has 2 aromatic heterocycles. The molecule has 0 spiro atoms. The second-order valence-electron chi connectivity index (χ2n) is 6.05. The molecule has 1 atom stereocenters. The molecule has 0 aliphatic carbocycles. The Balaban J connectivity index is 1.73. The van der Waals surface area contributed by atoms with Gasteiger partial charge < -0.3 is 4.57 Å². The zero-order valence-electron chi connectivity index (χ0n) is 11.5. The van der Waals surface area contributed by atoms with Crippen LogP contribution in [0.2, 0.25) is 0 Å². The molecule has 0 radical (unpaired) electrons. The summed E-state index contributed by atoms with van der Waals surface area (Å²) in [7, 11) is 0. The largest absolute Gasteiger partial charge is 0.325 e. The molecule has 0 aromatic carbocycles. The molecule has 0 N–H and O–H groups in total. The van der Waals surface area contributed by atoms with E-state index in [1.54, 1.807) is 0 Å². The Bertz CT molecular complexity index is 616. The van der Waals surface area contributed by atoms with Gasteiger partial charge in [0, 0.05) is 19.3 Å². The van der Waals surface area contributed by atoms with Crippen LogP contribution in [0, 0.1) is 5.92 Å². The van der Waals surface area contributed by atoms with E-state index in [0.717, 1.165) is 24.7 Å². The van der Waals surface area contributed by atoms with Gasteiger partial charge in [-0.1, -0.05) is 6.92 Å². The lowest BCUT2D eigenvalue weighted by molar-refractivity contribution is 0.306. The third kappa shape index (κ3) is 1.86. The first-order chi connectivity index (χ1) is 9.31. The van der Waals surface area contributed by atoms with Gasteiger partial charge in [0.15, 0.2) is 5.65 Å². The van der Waals surface area contributed by atoms with E-state index in [9.17, 15) is 0 Å². The molecular formula is C15H20N4. The molecule has 0 saturated carbocycles. The minimum absolute atomic E-state index is 0.833. The van der Waals surface area contributed by atoms with Crippen LogP contribution in [0.1, 0.15) is 31.2 Å². The fraction of sp³-hybridized carbons (Fsp3) is 0.600. The fourth-order valence-electron chi connectivity index (χ4n) is 3.53. The highest BCUT2D eigenvalue weighted by Gasteiger charge is 2.23. The van der Waals surface area contributed by atoms with Crippen LogP contribution in [-0.4, -0.2) is 32.5 Å². The van der Waals surface area contributed by atoms with E-state index in [2.05, 4.69) is 27.4 Å². The molecule has 19 heavy (non-hydrogen) atoms. The third-order valence-corrected chi connectivity index (χ3v) is 4.51. The zero-order valence-corrected chi connectivity index (χ0v) is 11.5. The number of aryl methyl sites for hydroxylation is 2. The van der Waals surface area contributed by atoms with Crippen LogP contribution in [-0.2, 0) is 19.5 Å². The van der Waals surface area contributed by atoms with Crippen LogP contribution < -0.4 is 0 Å². The highest BCUT2D eigenvalue weighted by atomic mass is 15.2. The van der Waals surface area contributed by atoms with Gasteiger partial charge in [0.2, 0.25) is 0 Å². The summed E-state index contributed by atoms with van der Waals surface area (Å²) in [4.78, 5) is 11.8. The molecule has 0 amide bonds. The Labute approximate surface area is 113 Å². The molecular weight excluding hydrogens is 236 g/mol. The predicted molar refractivity (Wildman–Crippen MR) is 74.9 cm³/mol. The summed E-state index contributed by atoms with van der Waals surface area (Å²) in [5.41, 5.74) is 3.65. The second kappa shape index (κ2) is 4.30. The second-order valence-corrected chi connectivity index (χ2v) is 6.05. The van der Waals surface area contributed by atoms with Gasteiger partial charge in [-0.3, -0.25) is 4.90 Å². The van der Waals surface area contributed by atoms with E-state index >= 15 is 0 Å². The van der Waals surface area contributed by atoms with Crippen LogP contribution in [0.5, 0.6) is 0 Å². The third-order valence-electron chi connectivity index (χ3n) is 4.51. The predicted octanol–water partition coefficient (Wildman–Crippen LogP) is 2.22. The lowest BCUT2D eigenvalue weighted by Crippen LogP contribution is -2.23. The van der Waals surface area contributed by atoms with Crippen LogP contribution in [0.4, 0.5) is 0 Å². The van der Waals surface area contributed by atoms with Crippen molar-refractivity contribution < 1.29 is 0 Å². The summed E-state index contributed by atoms with van der Waals surface area (Å²) in [6.45, 7) is 6.86. The minimum Gasteiger partial charge on any atom is -0.325 e. The summed E-state index contributed by atoms with van der Waals surface area (Å²) in [5.74, 6) is 2.04. The van der Waals surface area contributed by atoms with Crippen molar-refractivity contribution in [3.63, 3.8) is 0 Å².